The number of piperidine rings is 1. The molecule has 2 atom stereocenters. The number of rotatable bonds is 3. The van der Waals surface area contributed by atoms with Crippen molar-refractivity contribution in [2.75, 3.05) is 39.8 Å². The van der Waals surface area contributed by atoms with E-state index >= 15 is 0 Å². The average molecular weight is 396 g/mol. The number of nitrogens with zero attached hydrogens (tertiary/aromatic N) is 5. The smallest absolute Gasteiger partial charge is 0.320 e. The Morgan fingerprint density at radius 1 is 1.21 bits per heavy atom. The van der Waals surface area contributed by atoms with Gasteiger partial charge in [-0.25, -0.2) is 9.78 Å². The molecular weight excluding hydrogens is 372 g/mol. The molecule has 29 heavy (non-hydrogen) atoms. The third-order valence-electron chi connectivity index (χ3n) is 6.34. The second-order valence-corrected chi connectivity index (χ2v) is 8.25. The van der Waals surface area contributed by atoms with E-state index in [-0.39, 0.29) is 35.9 Å². The maximum atomic E-state index is 13.0. The van der Waals surface area contributed by atoms with E-state index in [1.165, 1.54) is 0 Å². The molecule has 2 saturated heterocycles. The van der Waals surface area contributed by atoms with Crippen molar-refractivity contribution in [1.82, 2.24) is 29.2 Å². The van der Waals surface area contributed by atoms with E-state index < -0.39 is 0 Å². The van der Waals surface area contributed by atoms with Crippen LogP contribution < -0.4 is 5.56 Å². The Hall–Kier alpha value is -3.10. The maximum absolute atomic E-state index is 13.0. The van der Waals surface area contributed by atoms with Crippen molar-refractivity contribution < 1.29 is 9.59 Å². The molecule has 9 nitrogen and oxygen atoms in total. The van der Waals surface area contributed by atoms with Gasteiger partial charge in [0.15, 0.2) is 0 Å². The number of likely N-dealkylation sites (tertiary alicyclic amines) is 1. The molecule has 2 fully saturated rings. The molecule has 0 spiro atoms. The van der Waals surface area contributed by atoms with Gasteiger partial charge in [-0.3, -0.25) is 9.59 Å². The Morgan fingerprint density at radius 2 is 2.07 bits per heavy atom. The molecule has 1 N–H and O–H groups in total. The predicted molar refractivity (Wildman–Crippen MR) is 105 cm³/mol. The zero-order valence-electron chi connectivity index (χ0n) is 16.4. The highest BCUT2D eigenvalue weighted by atomic mass is 16.2. The average Bonchev–Trinajstić information content (AvgIpc) is 3.35. The molecule has 2 aromatic rings. The zero-order valence-corrected chi connectivity index (χ0v) is 16.4. The molecule has 5 rings (SSSR count). The van der Waals surface area contributed by atoms with E-state index in [9.17, 15) is 14.4 Å². The first-order chi connectivity index (χ1) is 14.0. The number of carbonyl (C=O) groups is 2. The summed E-state index contributed by atoms with van der Waals surface area (Å²) in [6.07, 6.45) is 4.33. The van der Waals surface area contributed by atoms with Crippen LogP contribution in [-0.2, 0) is 11.3 Å². The lowest BCUT2D eigenvalue weighted by atomic mass is 9.83. The molecule has 3 aliphatic rings. The summed E-state index contributed by atoms with van der Waals surface area (Å²) >= 11 is 0. The Labute approximate surface area is 167 Å². The molecular formula is C20H24N6O3. The Morgan fingerprint density at radius 3 is 2.79 bits per heavy atom. The van der Waals surface area contributed by atoms with Crippen LogP contribution in [0.4, 0.5) is 4.79 Å². The number of aromatic nitrogens is 3. The maximum Gasteiger partial charge on any atom is 0.320 e. The standard InChI is InChI=1S/C20H24N6O3/c1-23-6-7-24(20(23)29)12-17(27)25-9-13-8-14(11-25)16-3-2-15(18-21-4-5-22-18)19(28)26(16)10-13/h2-5,13-14H,6-12H2,1H3,(H,21,22)/t13-,14+/m0/s1. The minimum Gasteiger partial charge on any atom is -0.344 e. The van der Waals surface area contributed by atoms with Crippen LogP contribution in [-0.4, -0.2) is 80.9 Å². The van der Waals surface area contributed by atoms with Crippen LogP contribution in [0.5, 0.6) is 0 Å². The van der Waals surface area contributed by atoms with Gasteiger partial charge in [0.1, 0.15) is 12.4 Å². The number of amides is 3. The number of imidazole rings is 1. The first-order valence-electron chi connectivity index (χ1n) is 10.0. The van der Waals surface area contributed by atoms with E-state index in [1.54, 1.807) is 29.2 Å². The normalized spacial score (nSPS) is 23.5. The summed E-state index contributed by atoms with van der Waals surface area (Å²) in [5, 5.41) is 0. The number of hydrogen-bond acceptors (Lipinski definition) is 4. The van der Waals surface area contributed by atoms with Gasteiger partial charge in [-0.05, 0) is 24.5 Å². The van der Waals surface area contributed by atoms with E-state index in [2.05, 4.69) is 9.97 Å². The predicted octanol–water partition coefficient (Wildman–Crippen LogP) is 0.551. The Balaban J connectivity index is 1.36. The molecule has 0 aliphatic carbocycles. The van der Waals surface area contributed by atoms with Crippen LogP contribution in [0.2, 0.25) is 0 Å². The summed E-state index contributed by atoms with van der Waals surface area (Å²) in [6.45, 7) is 3.21. The van der Waals surface area contributed by atoms with Gasteiger partial charge in [0, 0.05) is 63.8 Å². The van der Waals surface area contributed by atoms with Gasteiger partial charge in [-0.1, -0.05) is 0 Å². The van der Waals surface area contributed by atoms with Crippen LogP contribution in [0.1, 0.15) is 18.0 Å². The summed E-state index contributed by atoms with van der Waals surface area (Å²) in [5.41, 5.74) is 1.52. The van der Waals surface area contributed by atoms with E-state index in [0.717, 1.165) is 12.1 Å². The van der Waals surface area contributed by atoms with Crippen LogP contribution in [0.3, 0.4) is 0 Å². The van der Waals surface area contributed by atoms with E-state index in [1.807, 2.05) is 21.6 Å². The van der Waals surface area contributed by atoms with E-state index in [4.69, 9.17) is 0 Å². The molecule has 0 aromatic carbocycles. The summed E-state index contributed by atoms with van der Waals surface area (Å²) < 4.78 is 1.86. The van der Waals surface area contributed by atoms with Crippen LogP contribution in [0.15, 0.2) is 29.3 Å². The van der Waals surface area contributed by atoms with Crippen molar-refractivity contribution >= 4 is 11.9 Å². The van der Waals surface area contributed by atoms with Gasteiger partial charge < -0.3 is 24.3 Å². The van der Waals surface area contributed by atoms with Crippen LogP contribution in [0, 0.1) is 5.92 Å². The second kappa shape index (κ2) is 6.75. The number of urea groups is 1. The van der Waals surface area contributed by atoms with Gasteiger partial charge in [-0.15, -0.1) is 0 Å². The van der Waals surface area contributed by atoms with Crippen molar-refractivity contribution in [3.05, 3.63) is 40.6 Å². The quantitative estimate of drug-likeness (QED) is 0.820. The highest BCUT2D eigenvalue weighted by Gasteiger charge is 2.38. The number of likely N-dealkylation sites (N-methyl/N-ethyl adjacent to an activating group) is 1. The highest BCUT2D eigenvalue weighted by molar-refractivity contribution is 5.85. The molecule has 2 aromatic heterocycles. The van der Waals surface area contributed by atoms with Crippen molar-refractivity contribution in [3.8, 4) is 11.4 Å². The second-order valence-electron chi connectivity index (χ2n) is 8.25. The molecule has 3 aliphatic heterocycles. The fourth-order valence-corrected chi connectivity index (χ4v) is 4.86. The third kappa shape index (κ3) is 3.01. The van der Waals surface area contributed by atoms with Crippen LogP contribution in [0.25, 0.3) is 11.4 Å². The molecule has 5 heterocycles. The van der Waals surface area contributed by atoms with E-state index in [0.29, 0.717) is 44.1 Å². The monoisotopic (exact) mass is 396 g/mol. The summed E-state index contributed by atoms with van der Waals surface area (Å²) in [4.78, 5) is 50.3. The van der Waals surface area contributed by atoms with Crippen molar-refractivity contribution in [3.63, 3.8) is 0 Å². The number of H-pyrrole nitrogens is 1. The van der Waals surface area contributed by atoms with Crippen molar-refractivity contribution in [1.29, 1.82) is 0 Å². The minimum atomic E-state index is -0.0853. The lowest BCUT2D eigenvalue weighted by molar-refractivity contribution is -0.134. The molecule has 0 unspecified atom stereocenters. The molecule has 9 heteroatoms. The van der Waals surface area contributed by atoms with Crippen LogP contribution >= 0.6 is 0 Å². The number of fused-ring (bicyclic) bond motifs is 4. The lowest BCUT2D eigenvalue weighted by Gasteiger charge is -2.43. The molecule has 0 radical (unpaired) electrons. The fraction of sp³-hybridized carbons (Fsp3) is 0.500. The summed E-state index contributed by atoms with van der Waals surface area (Å²) in [6, 6.07) is 3.73. The van der Waals surface area contributed by atoms with Gasteiger partial charge in [0.2, 0.25) is 5.91 Å². The topological polar surface area (TPSA) is 94.5 Å². The van der Waals surface area contributed by atoms with Crippen molar-refractivity contribution in [2.24, 2.45) is 5.92 Å². The molecule has 2 bridgehead atoms. The number of hydrogen-bond donors (Lipinski definition) is 1. The van der Waals surface area contributed by atoms with Gasteiger partial charge in [0.05, 0.1) is 5.56 Å². The summed E-state index contributed by atoms with van der Waals surface area (Å²) in [7, 11) is 1.75. The first kappa shape index (κ1) is 18.0. The molecule has 3 amide bonds. The van der Waals surface area contributed by atoms with Gasteiger partial charge in [-0.2, -0.15) is 0 Å². The molecule has 152 valence electrons. The van der Waals surface area contributed by atoms with Crippen molar-refractivity contribution in [2.45, 2.75) is 18.9 Å². The molecule has 0 saturated carbocycles. The zero-order chi connectivity index (χ0) is 20.1. The minimum absolute atomic E-state index is 0.00801. The highest BCUT2D eigenvalue weighted by Crippen LogP contribution is 2.35. The van der Waals surface area contributed by atoms with Gasteiger partial charge in [0.25, 0.3) is 5.56 Å². The largest absolute Gasteiger partial charge is 0.344 e. The first-order valence-corrected chi connectivity index (χ1v) is 10.0. The Bertz CT molecular complexity index is 1010. The summed E-state index contributed by atoms with van der Waals surface area (Å²) in [5.74, 6) is 0.956. The lowest BCUT2D eigenvalue weighted by Crippen LogP contribution is -2.51. The fourth-order valence-electron chi connectivity index (χ4n) is 4.86. The number of nitrogens with one attached hydrogen (secondary N) is 1. The van der Waals surface area contributed by atoms with Gasteiger partial charge >= 0.3 is 6.03 Å². The SMILES string of the molecule is CN1CCN(CC(=O)N2C[C@@H]3C[C@H](C2)c2ccc(-c4ncc[nH]4)c(=O)n2C3)C1=O. The third-order valence-corrected chi connectivity index (χ3v) is 6.34. The Kier molecular flexibility index (Phi) is 4.18. The number of aromatic amines is 1. The number of pyridine rings is 1. The number of carbonyl (C=O) groups excluding carboxylic acids is 2.